The first-order chi connectivity index (χ1) is 8.21. The summed E-state index contributed by atoms with van der Waals surface area (Å²) >= 11 is 0. The molecule has 0 aliphatic heterocycles. The van der Waals surface area contributed by atoms with Gasteiger partial charge in [-0.1, -0.05) is 6.07 Å². The number of alkyl halides is 3. The Labute approximate surface area is 104 Å². The number of hydrogen-bond acceptors (Lipinski definition) is 2. The van der Waals surface area contributed by atoms with E-state index in [9.17, 15) is 18.0 Å². The molecule has 0 N–H and O–H groups in total. The summed E-state index contributed by atoms with van der Waals surface area (Å²) in [5.74, 6) is -0.310. The number of benzene rings is 1. The molecule has 0 bridgehead atoms. The second kappa shape index (κ2) is 5.52. The van der Waals surface area contributed by atoms with Crippen molar-refractivity contribution in [1.29, 1.82) is 0 Å². The molecular formula is C13H15F3O2. The Hall–Kier alpha value is -1.36. The fourth-order valence-electron chi connectivity index (χ4n) is 1.47. The standard InChI is InChI=1S/C13H15F3O2/c1-8(2)18-7-12(17)11-5-4-10(6-9(11)3)13(14,15)16/h4-6,8H,7H2,1-3H3. The van der Waals surface area contributed by atoms with Crippen molar-refractivity contribution < 1.29 is 22.7 Å². The Bertz CT molecular complexity index is 436. The predicted octanol–water partition coefficient (Wildman–Crippen LogP) is 3.62. The molecule has 1 rings (SSSR count). The summed E-state index contributed by atoms with van der Waals surface area (Å²) in [6.45, 7) is 4.93. The van der Waals surface area contributed by atoms with Gasteiger partial charge in [-0.25, -0.2) is 0 Å². The van der Waals surface area contributed by atoms with Crippen LogP contribution in [0, 0.1) is 6.92 Å². The van der Waals surface area contributed by atoms with E-state index in [4.69, 9.17) is 4.74 Å². The maximum absolute atomic E-state index is 12.4. The Kier molecular flexibility index (Phi) is 4.51. The summed E-state index contributed by atoms with van der Waals surface area (Å²) in [4.78, 5) is 11.7. The molecular weight excluding hydrogens is 245 g/mol. The van der Waals surface area contributed by atoms with Gasteiger partial charge in [-0.3, -0.25) is 4.79 Å². The van der Waals surface area contributed by atoms with Gasteiger partial charge < -0.3 is 4.74 Å². The molecule has 0 atom stereocenters. The lowest BCUT2D eigenvalue weighted by Crippen LogP contribution is -2.15. The zero-order chi connectivity index (χ0) is 13.9. The maximum Gasteiger partial charge on any atom is 0.416 e. The van der Waals surface area contributed by atoms with Crippen molar-refractivity contribution >= 4 is 5.78 Å². The molecule has 0 heterocycles. The van der Waals surface area contributed by atoms with Gasteiger partial charge in [-0.05, 0) is 38.5 Å². The van der Waals surface area contributed by atoms with Gasteiger partial charge in [0.2, 0.25) is 0 Å². The second-order valence-corrected chi connectivity index (χ2v) is 4.31. The minimum absolute atomic E-state index is 0.0938. The lowest BCUT2D eigenvalue weighted by atomic mass is 10.0. The SMILES string of the molecule is Cc1cc(C(F)(F)F)ccc1C(=O)COC(C)C. The monoisotopic (exact) mass is 260 g/mol. The van der Waals surface area contributed by atoms with Gasteiger partial charge in [-0.2, -0.15) is 13.2 Å². The van der Waals surface area contributed by atoms with Crippen LogP contribution in [0.1, 0.15) is 35.3 Å². The predicted molar refractivity (Wildman–Crippen MR) is 61.6 cm³/mol. The van der Waals surface area contributed by atoms with Gasteiger partial charge in [0.25, 0.3) is 0 Å². The highest BCUT2D eigenvalue weighted by Gasteiger charge is 2.30. The number of aryl methyl sites for hydroxylation is 1. The smallest absolute Gasteiger partial charge is 0.371 e. The van der Waals surface area contributed by atoms with Crippen molar-refractivity contribution in [2.45, 2.75) is 33.1 Å². The van der Waals surface area contributed by atoms with Gasteiger partial charge >= 0.3 is 6.18 Å². The molecule has 18 heavy (non-hydrogen) atoms. The van der Waals surface area contributed by atoms with Crippen molar-refractivity contribution in [3.63, 3.8) is 0 Å². The lowest BCUT2D eigenvalue weighted by molar-refractivity contribution is -0.137. The summed E-state index contributed by atoms with van der Waals surface area (Å²) < 4.78 is 42.5. The third-order valence-electron chi connectivity index (χ3n) is 2.40. The highest BCUT2D eigenvalue weighted by molar-refractivity contribution is 5.98. The summed E-state index contributed by atoms with van der Waals surface area (Å²) in [7, 11) is 0. The molecule has 0 aliphatic carbocycles. The second-order valence-electron chi connectivity index (χ2n) is 4.31. The maximum atomic E-state index is 12.4. The first-order valence-corrected chi connectivity index (χ1v) is 5.54. The minimum atomic E-state index is -4.39. The molecule has 0 amide bonds. The molecule has 0 unspecified atom stereocenters. The Balaban J connectivity index is 2.89. The molecule has 0 fully saturated rings. The zero-order valence-electron chi connectivity index (χ0n) is 10.5. The average Bonchev–Trinajstić information content (AvgIpc) is 2.24. The number of carbonyl (C=O) groups is 1. The third kappa shape index (κ3) is 3.84. The zero-order valence-corrected chi connectivity index (χ0v) is 10.5. The largest absolute Gasteiger partial charge is 0.416 e. The summed E-state index contributed by atoms with van der Waals surface area (Å²) in [5, 5.41) is 0. The fraction of sp³-hybridized carbons (Fsp3) is 0.462. The summed E-state index contributed by atoms with van der Waals surface area (Å²) in [5.41, 5.74) is -0.174. The van der Waals surface area contributed by atoms with Crippen molar-refractivity contribution in [2.24, 2.45) is 0 Å². The van der Waals surface area contributed by atoms with E-state index >= 15 is 0 Å². The van der Waals surface area contributed by atoms with E-state index < -0.39 is 11.7 Å². The molecule has 0 aliphatic rings. The number of rotatable bonds is 4. The van der Waals surface area contributed by atoms with E-state index in [2.05, 4.69) is 0 Å². The molecule has 2 nitrogen and oxygen atoms in total. The topological polar surface area (TPSA) is 26.3 Å². The Morgan fingerprint density at radius 3 is 2.39 bits per heavy atom. The van der Waals surface area contributed by atoms with Crippen molar-refractivity contribution in [3.05, 3.63) is 34.9 Å². The minimum Gasteiger partial charge on any atom is -0.371 e. The van der Waals surface area contributed by atoms with E-state index in [1.807, 2.05) is 0 Å². The number of ketones is 1. The summed E-state index contributed by atoms with van der Waals surface area (Å²) in [6.07, 6.45) is -4.48. The van der Waals surface area contributed by atoms with Crippen molar-refractivity contribution in [2.75, 3.05) is 6.61 Å². The van der Waals surface area contributed by atoms with Crippen LogP contribution in [0.15, 0.2) is 18.2 Å². The first kappa shape index (κ1) is 14.7. The lowest BCUT2D eigenvalue weighted by Gasteiger charge is -2.11. The van der Waals surface area contributed by atoms with Crippen LogP contribution in [0.2, 0.25) is 0 Å². The van der Waals surface area contributed by atoms with Gasteiger partial charge in [0.05, 0.1) is 11.7 Å². The van der Waals surface area contributed by atoms with Crippen LogP contribution in [0.25, 0.3) is 0 Å². The average molecular weight is 260 g/mol. The van der Waals surface area contributed by atoms with Crippen molar-refractivity contribution in [1.82, 2.24) is 0 Å². The molecule has 1 aromatic rings. The molecule has 0 aromatic heterocycles. The molecule has 0 radical (unpaired) electrons. The van der Waals surface area contributed by atoms with E-state index in [0.29, 0.717) is 5.56 Å². The van der Waals surface area contributed by atoms with Gasteiger partial charge in [0, 0.05) is 5.56 Å². The first-order valence-electron chi connectivity index (χ1n) is 5.54. The Morgan fingerprint density at radius 1 is 1.33 bits per heavy atom. The van der Waals surface area contributed by atoms with Crippen molar-refractivity contribution in [3.8, 4) is 0 Å². The van der Waals surface area contributed by atoms with E-state index in [0.717, 1.165) is 12.1 Å². The van der Waals surface area contributed by atoms with Crippen LogP contribution < -0.4 is 0 Å². The molecule has 1 aromatic carbocycles. The third-order valence-corrected chi connectivity index (χ3v) is 2.40. The molecule has 0 saturated carbocycles. The van der Waals surface area contributed by atoms with Gasteiger partial charge in [0.15, 0.2) is 5.78 Å². The molecule has 0 saturated heterocycles. The van der Waals surface area contributed by atoms with Crippen LogP contribution in [-0.4, -0.2) is 18.5 Å². The Morgan fingerprint density at radius 2 is 1.94 bits per heavy atom. The van der Waals surface area contributed by atoms with Gasteiger partial charge in [-0.15, -0.1) is 0 Å². The van der Waals surface area contributed by atoms with Gasteiger partial charge in [0.1, 0.15) is 6.61 Å². The van der Waals surface area contributed by atoms with Crippen LogP contribution in [0.3, 0.4) is 0 Å². The molecule has 5 heteroatoms. The van der Waals surface area contributed by atoms with Crippen LogP contribution in [0.4, 0.5) is 13.2 Å². The number of hydrogen-bond donors (Lipinski definition) is 0. The molecule has 100 valence electrons. The highest BCUT2D eigenvalue weighted by atomic mass is 19.4. The van der Waals surface area contributed by atoms with Crippen LogP contribution >= 0.6 is 0 Å². The fourth-order valence-corrected chi connectivity index (χ4v) is 1.47. The number of halogens is 3. The van der Waals surface area contributed by atoms with Crippen LogP contribution in [-0.2, 0) is 10.9 Å². The summed E-state index contributed by atoms with van der Waals surface area (Å²) in [6, 6.07) is 3.09. The highest BCUT2D eigenvalue weighted by Crippen LogP contribution is 2.30. The quantitative estimate of drug-likeness (QED) is 0.773. The number of ether oxygens (including phenoxy) is 1. The number of carbonyl (C=O) groups excluding carboxylic acids is 1. The molecule has 0 spiro atoms. The van der Waals surface area contributed by atoms with Crippen LogP contribution in [0.5, 0.6) is 0 Å². The number of Topliss-reactive ketones (excluding diaryl/α,β-unsaturated/α-hetero) is 1. The van der Waals surface area contributed by atoms with E-state index in [1.165, 1.54) is 13.0 Å². The van der Waals surface area contributed by atoms with E-state index in [1.54, 1.807) is 13.8 Å². The normalized spacial score (nSPS) is 11.9. The van der Waals surface area contributed by atoms with E-state index in [-0.39, 0.29) is 24.1 Å².